The Morgan fingerprint density at radius 1 is 1.30 bits per heavy atom. The summed E-state index contributed by atoms with van der Waals surface area (Å²) in [5.74, 6) is 1.87. The lowest BCUT2D eigenvalue weighted by Gasteiger charge is -2.35. The Labute approximate surface area is 128 Å². The van der Waals surface area contributed by atoms with Crippen LogP contribution in [0.25, 0.3) is 0 Å². The zero-order valence-electron chi connectivity index (χ0n) is 12.5. The van der Waals surface area contributed by atoms with E-state index < -0.39 is 5.60 Å². The van der Waals surface area contributed by atoms with Gasteiger partial charge in [-0.05, 0) is 21.8 Å². The number of nitrogens with one attached hydrogen (secondary N) is 1. The van der Waals surface area contributed by atoms with Crippen LogP contribution in [0, 0.1) is 0 Å². The first-order valence-corrected chi connectivity index (χ1v) is 7.72. The van der Waals surface area contributed by atoms with Gasteiger partial charge < -0.3 is 14.8 Å². The summed E-state index contributed by atoms with van der Waals surface area (Å²) in [6.45, 7) is 5.61. The summed E-state index contributed by atoms with van der Waals surface area (Å²) < 4.78 is 12.2. The number of rotatable bonds is 4. The molecular weight excluding hydrogens is 322 g/mol. The Hall–Kier alpha value is -0.720. The number of halogens is 1. The van der Waals surface area contributed by atoms with E-state index in [1.165, 1.54) is 0 Å². The Kier molecular flexibility index (Phi) is 4.99. The Morgan fingerprint density at radius 2 is 1.95 bits per heavy atom. The molecule has 20 heavy (non-hydrogen) atoms. The average Bonchev–Trinajstić information content (AvgIpc) is 2.47. The van der Waals surface area contributed by atoms with E-state index in [-0.39, 0.29) is 0 Å². The van der Waals surface area contributed by atoms with E-state index in [0.29, 0.717) is 19.1 Å². The highest BCUT2D eigenvalue weighted by molar-refractivity contribution is 9.10. The number of hydrogen-bond acceptors (Lipinski definition) is 5. The van der Waals surface area contributed by atoms with Crippen LogP contribution in [0.15, 0.2) is 4.47 Å². The van der Waals surface area contributed by atoms with Crippen LogP contribution >= 0.6 is 15.9 Å². The summed E-state index contributed by atoms with van der Waals surface area (Å²) >= 11 is 3.59. The molecule has 0 spiro atoms. The highest BCUT2D eigenvalue weighted by atomic mass is 79.9. The molecule has 0 aliphatic carbocycles. The van der Waals surface area contributed by atoms with Crippen molar-refractivity contribution >= 4 is 21.7 Å². The maximum atomic E-state index is 5.79. The minimum atomic E-state index is -0.436. The molecule has 0 aromatic carbocycles. The largest absolute Gasteiger partial charge is 0.381 e. The highest BCUT2D eigenvalue weighted by Gasteiger charge is 2.38. The molecule has 1 aliphatic rings. The first-order valence-electron chi connectivity index (χ1n) is 6.92. The Morgan fingerprint density at radius 3 is 2.45 bits per heavy atom. The number of aromatic nitrogens is 2. The van der Waals surface area contributed by atoms with Crippen molar-refractivity contribution in [2.24, 2.45) is 0 Å². The van der Waals surface area contributed by atoms with Crippen molar-refractivity contribution in [2.45, 2.75) is 38.2 Å². The van der Waals surface area contributed by atoms with Crippen molar-refractivity contribution in [1.29, 1.82) is 0 Å². The lowest BCUT2D eigenvalue weighted by molar-refractivity contribution is -0.100. The third-order valence-corrected chi connectivity index (χ3v) is 4.54. The second kappa shape index (κ2) is 6.37. The molecule has 6 heteroatoms. The fourth-order valence-corrected chi connectivity index (χ4v) is 3.27. The van der Waals surface area contributed by atoms with Crippen LogP contribution < -0.4 is 5.32 Å². The van der Waals surface area contributed by atoms with Gasteiger partial charge in [0.1, 0.15) is 11.4 Å². The van der Waals surface area contributed by atoms with Crippen LogP contribution in [-0.4, -0.2) is 37.3 Å². The van der Waals surface area contributed by atoms with Gasteiger partial charge in [0, 0.05) is 40.2 Å². The van der Waals surface area contributed by atoms with E-state index in [0.717, 1.165) is 34.7 Å². The molecule has 112 valence electrons. The molecule has 5 nitrogen and oxygen atoms in total. The van der Waals surface area contributed by atoms with Gasteiger partial charge in [-0.2, -0.15) is 0 Å². The zero-order valence-corrected chi connectivity index (χ0v) is 14.1. The monoisotopic (exact) mass is 343 g/mol. The van der Waals surface area contributed by atoms with Gasteiger partial charge in [-0.3, -0.25) is 0 Å². The van der Waals surface area contributed by atoms with Crippen LogP contribution in [0.2, 0.25) is 0 Å². The molecular formula is C14H22BrN3O2. The SMILES string of the molecule is CNc1nc(C2(OC)CCOCC2)nc(C(C)C)c1Br. The summed E-state index contributed by atoms with van der Waals surface area (Å²) in [5.41, 5.74) is 0.566. The third-order valence-electron chi connectivity index (χ3n) is 3.76. The summed E-state index contributed by atoms with van der Waals surface area (Å²) in [7, 11) is 3.59. The maximum Gasteiger partial charge on any atom is 0.163 e. The maximum absolute atomic E-state index is 5.79. The molecule has 0 radical (unpaired) electrons. The van der Waals surface area contributed by atoms with Gasteiger partial charge in [0.15, 0.2) is 5.82 Å². The van der Waals surface area contributed by atoms with Gasteiger partial charge in [0.25, 0.3) is 0 Å². The number of anilines is 1. The number of ether oxygens (including phenoxy) is 2. The smallest absolute Gasteiger partial charge is 0.163 e. The molecule has 0 amide bonds. The molecule has 2 heterocycles. The second-order valence-electron chi connectivity index (χ2n) is 5.31. The normalized spacial score (nSPS) is 18.3. The molecule has 0 atom stereocenters. The van der Waals surface area contributed by atoms with Gasteiger partial charge in [-0.25, -0.2) is 9.97 Å². The van der Waals surface area contributed by atoms with Crippen LogP contribution in [0.3, 0.4) is 0 Å². The molecule has 0 saturated carbocycles. The molecule has 1 saturated heterocycles. The predicted molar refractivity (Wildman–Crippen MR) is 82.1 cm³/mol. The van der Waals surface area contributed by atoms with Gasteiger partial charge in [-0.15, -0.1) is 0 Å². The van der Waals surface area contributed by atoms with E-state index in [1.807, 2.05) is 7.05 Å². The van der Waals surface area contributed by atoms with Crippen molar-refractivity contribution in [3.05, 3.63) is 16.0 Å². The molecule has 1 aromatic rings. The van der Waals surface area contributed by atoms with Crippen molar-refractivity contribution in [3.8, 4) is 0 Å². The highest BCUT2D eigenvalue weighted by Crippen LogP contribution is 2.37. The van der Waals surface area contributed by atoms with E-state index >= 15 is 0 Å². The Balaban J connectivity index is 2.52. The molecule has 1 aromatic heterocycles. The number of methoxy groups -OCH3 is 1. The van der Waals surface area contributed by atoms with Crippen molar-refractivity contribution < 1.29 is 9.47 Å². The van der Waals surface area contributed by atoms with Crippen molar-refractivity contribution in [1.82, 2.24) is 9.97 Å². The lowest BCUT2D eigenvalue weighted by Crippen LogP contribution is -2.37. The van der Waals surface area contributed by atoms with Gasteiger partial charge >= 0.3 is 0 Å². The van der Waals surface area contributed by atoms with Crippen molar-refractivity contribution in [3.63, 3.8) is 0 Å². The van der Waals surface area contributed by atoms with E-state index in [1.54, 1.807) is 7.11 Å². The van der Waals surface area contributed by atoms with Crippen molar-refractivity contribution in [2.75, 3.05) is 32.7 Å². The van der Waals surface area contributed by atoms with Crippen LogP contribution in [0.4, 0.5) is 5.82 Å². The van der Waals surface area contributed by atoms with E-state index in [9.17, 15) is 0 Å². The quantitative estimate of drug-likeness (QED) is 0.910. The first kappa shape index (κ1) is 15.7. The predicted octanol–water partition coefficient (Wildman–Crippen LogP) is 3.06. The second-order valence-corrected chi connectivity index (χ2v) is 6.10. The molecule has 2 rings (SSSR count). The molecule has 0 unspecified atom stereocenters. The van der Waals surface area contributed by atoms with Gasteiger partial charge in [0.05, 0.1) is 10.2 Å². The summed E-state index contributed by atoms with van der Waals surface area (Å²) in [6.07, 6.45) is 1.57. The summed E-state index contributed by atoms with van der Waals surface area (Å²) in [4.78, 5) is 9.42. The number of nitrogens with zero attached hydrogens (tertiary/aromatic N) is 2. The van der Waals surface area contributed by atoms with Gasteiger partial charge in [-0.1, -0.05) is 13.8 Å². The topological polar surface area (TPSA) is 56.3 Å². The number of hydrogen-bond donors (Lipinski definition) is 1. The molecule has 1 aliphatic heterocycles. The molecule has 0 bridgehead atoms. The van der Waals surface area contributed by atoms with Crippen LogP contribution in [0.1, 0.15) is 44.1 Å². The average molecular weight is 344 g/mol. The fraction of sp³-hybridized carbons (Fsp3) is 0.714. The van der Waals surface area contributed by atoms with E-state index in [4.69, 9.17) is 14.5 Å². The Bertz CT molecular complexity index is 474. The summed E-state index contributed by atoms with van der Waals surface area (Å²) in [5, 5.41) is 3.13. The standard InChI is InChI=1S/C14H22BrN3O2/c1-9(2)11-10(15)12(16-3)18-13(17-11)14(19-4)5-7-20-8-6-14/h9H,5-8H2,1-4H3,(H,16,17,18). The van der Waals surface area contributed by atoms with Crippen LogP contribution in [-0.2, 0) is 15.1 Å². The first-order chi connectivity index (χ1) is 9.54. The minimum absolute atomic E-state index is 0.312. The van der Waals surface area contributed by atoms with Crippen LogP contribution in [0.5, 0.6) is 0 Å². The summed E-state index contributed by atoms with van der Waals surface area (Å²) in [6, 6.07) is 0. The molecule has 1 fully saturated rings. The minimum Gasteiger partial charge on any atom is -0.381 e. The lowest BCUT2D eigenvalue weighted by atomic mass is 9.92. The zero-order chi connectivity index (χ0) is 14.8. The molecule has 1 N–H and O–H groups in total. The fourth-order valence-electron chi connectivity index (χ4n) is 2.44. The third kappa shape index (κ3) is 2.82. The van der Waals surface area contributed by atoms with E-state index in [2.05, 4.69) is 40.1 Å². The van der Waals surface area contributed by atoms with Gasteiger partial charge in [0.2, 0.25) is 0 Å².